The maximum atomic E-state index is 12.8. The molecule has 2 atom stereocenters. The second-order valence-electron chi connectivity index (χ2n) is 5.94. The second kappa shape index (κ2) is 7.00. The molecule has 1 aromatic carbocycles. The first-order valence-corrected chi connectivity index (χ1v) is 7.69. The van der Waals surface area contributed by atoms with Crippen molar-refractivity contribution in [2.45, 2.75) is 39.8 Å². The molecule has 1 fully saturated rings. The number of rotatable bonds is 4. The molecule has 1 saturated heterocycles. The number of hydrogen-bond acceptors (Lipinski definition) is 4. The fourth-order valence-corrected chi connectivity index (χ4v) is 2.82. The molecule has 1 heterocycles. The number of nitrogens with zero attached hydrogens (tertiary/aromatic N) is 1. The monoisotopic (exact) mass is 321 g/mol. The van der Waals surface area contributed by atoms with Gasteiger partial charge in [0.05, 0.1) is 18.8 Å². The zero-order valence-electron chi connectivity index (χ0n) is 14.0. The van der Waals surface area contributed by atoms with Gasteiger partial charge >= 0.3 is 5.97 Å². The average Bonchev–Trinajstić information content (AvgIpc) is 2.48. The van der Waals surface area contributed by atoms with Crippen LogP contribution >= 0.6 is 0 Å². The zero-order valence-corrected chi connectivity index (χ0v) is 14.0. The van der Waals surface area contributed by atoms with Crippen LogP contribution in [0, 0.1) is 13.8 Å². The highest BCUT2D eigenvalue weighted by molar-refractivity contribution is 5.95. The highest BCUT2D eigenvalue weighted by atomic mass is 16.5. The third-order valence-electron chi connectivity index (χ3n) is 4.19. The van der Waals surface area contributed by atoms with Gasteiger partial charge in [-0.25, -0.2) is 4.79 Å². The highest BCUT2D eigenvalue weighted by Crippen LogP contribution is 2.26. The minimum atomic E-state index is -1.03. The van der Waals surface area contributed by atoms with Gasteiger partial charge in [-0.1, -0.05) is 0 Å². The molecular formula is C17H23NO5. The molecule has 6 nitrogen and oxygen atoms in total. The quantitative estimate of drug-likeness (QED) is 0.918. The van der Waals surface area contributed by atoms with E-state index in [2.05, 4.69) is 0 Å². The number of carbonyl (C=O) groups is 2. The first-order valence-electron chi connectivity index (χ1n) is 7.69. The van der Waals surface area contributed by atoms with Crippen molar-refractivity contribution in [2.24, 2.45) is 0 Å². The fourth-order valence-electron chi connectivity index (χ4n) is 2.82. The van der Waals surface area contributed by atoms with E-state index in [1.54, 1.807) is 12.1 Å². The van der Waals surface area contributed by atoms with Crippen LogP contribution in [0.15, 0.2) is 12.1 Å². The number of aryl methyl sites for hydroxylation is 2. The van der Waals surface area contributed by atoms with Crippen molar-refractivity contribution in [3.63, 3.8) is 0 Å². The summed E-state index contributed by atoms with van der Waals surface area (Å²) in [4.78, 5) is 25.2. The molecule has 23 heavy (non-hydrogen) atoms. The fraction of sp³-hybridized carbons (Fsp3) is 0.529. The lowest BCUT2D eigenvalue weighted by Crippen LogP contribution is -2.51. The van der Waals surface area contributed by atoms with Crippen LogP contribution in [0.2, 0.25) is 0 Å². The first-order chi connectivity index (χ1) is 10.8. The number of carboxylic acids is 1. The predicted molar refractivity (Wildman–Crippen MR) is 85.0 cm³/mol. The van der Waals surface area contributed by atoms with Gasteiger partial charge < -0.3 is 19.5 Å². The van der Waals surface area contributed by atoms with Crippen molar-refractivity contribution in [3.8, 4) is 5.75 Å². The molecule has 2 rings (SSSR count). The standard InChI is InChI=1S/C17H23NO5/c1-10-7-14(8-11(2)16(10)23-9-15(19)20)17(21)18-5-6-22-13(4)12(18)3/h7-8,12-13H,5-6,9H2,1-4H3,(H,19,20). The van der Waals surface area contributed by atoms with Gasteiger partial charge in [-0.2, -0.15) is 0 Å². The van der Waals surface area contributed by atoms with Crippen LogP contribution in [0.3, 0.4) is 0 Å². The van der Waals surface area contributed by atoms with Crippen molar-refractivity contribution in [1.29, 1.82) is 0 Å². The molecule has 126 valence electrons. The van der Waals surface area contributed by atoms with Crippen molar-refractivity contribution in [2.75, 3.05) is 19.8 Å². The molecule has 2 unspecified atom stereocenters. The molecule has 0 aliphatic carbocycles. The van der Waals surface area contributed by atoms with E-state index in [0.717, 1.165) is 11.1 Å². The van der Waals surface area contributed by atoms with Crippen molar-refractivity contribution < 1.29 is 24.2 Å². The van der Waals surface area contributed by atoms with Gasteiger partial charge in [-0.15, -0.1) is 0 Å². The molecule has 1 aliphatic rings. The van der Waals surface area contributed by atoms with Gasteiger partial charge in [-0.05, 0) is 51.0 Å². The average molecular weight is 321 g/mol. The molecule has 0 aromatic heterocycles. The van der Waals surface area contributed by atoms with E-state index in [1.165, 1.54) is 0 Å². The molecule has 1 aliphatic heterocycles. The number of hydrogen-bond donors (Lipinski definition) is 1. The summed E-state index contributed by atoms with van der Waals surface area (Å²) in [5.74, 6) is -0.545. The van der Waals surface area contributed by atoms with Gasteiger partial charge in [0.1, 0.15) is 5.75 Å². The molecule has 0 bridgehead atoms. The van der Waals surface area contributed by atoms with Crippen LogP contribution in [0.1, 0.15) is 35.3 Å². The summed E-state index contributed by atoms with van der Waals surface area (Å²) in [7, 11) is 0. The van der Waals surface area contributed by atoms with Crippen molar-refractivity contribution in [3.05, 3.63) is 28.8 Å². The number of amides is 1. The van der Waals surface area contributed by atoms with E-state index < -0.39 is 12.6 Å². The number of benzene rings is 1. The van der Waals surface area contributed by atoms with Gasteiger partial charge in [0.2, 0.25) is 0 Å². The largest absolute Gasteiger partial charge is 0.481 e. The Morgan fingerprint density at radius 2 is 1.91 bits per heavy atom. The minimum absolute atomic E-state index is 0.00747. The first kappa shape index (κ1) is 17.3. The normalized spacial score (nSPS) is 21.1. The zero-order chi connectivity index (χ0) is 17.1. The Labute approximate surface area is 136 Å². The topological polar surface area (TPSA) is 76.1 Å². The Balaban J connectivity index is 2.23. The number of carbonyl (C=O) groups excluding carboxylic acids is 1. The van der Waals surface area contributed by atoms with Crippen LogP contribution in [0.4, 0.5) is 0 Å². The predicted octanol–water partition coefficient (Wildman–Crippen LogP) is 2.02. The number of carboxylic acid groups (broad SMARTS) is 1. The molecule has 0 spiro atoms. The summed E-state index contributed by atoms with van der Waals surface area (Å²) >= 11 is 0. The summed E-state index contributed by atoms with van der Waals surface area (Å²) < 4.78 is 10.9. The third-order valence-corrected chi connectivity index (χ3v) is 4.19. The maximum absolute atomic E-state index is 12.8. The van der Waals surface area contributed by atoms with Gasteiger partial charge in [0, 0.05) is 12.1 Å². The van der Waals surface area contributed by atoms with Crippen LogP contribution in [0.25, 0.3) is 0 Å². The molecule has 1 N–H and O–H groups in total. The summed E-state index contributed by atoms with van der Waals surface area (Å²) in [5, 5.41) is 8.73. The Bertz CT molecular complexity index is 590. The lowest BCUT2D eigenvalue weighted by molar-refractivity contribution is -0.139. The summed E-state index contributed by atoms with van der Waals surface area (Å²) in [5.41, 5.74) is 2.09. The van der Waals surface area contributed by atoms with E-state index in [1.807, 2.05) is 32.6 Å². The van der Waals surface area contributed by atoms with E-state index in [0.29, 0.717) is 24.5 Å². The number of morpholine rings is 1. The molecule has 1 aromatic rings. The second-order valence-corrected chi connectivity index (χ2v) is 5.94. The van der Waals surface area contributed by atoms with Gasteiger partial charge in [0.15, 0.2) is 6.61 Å². The van der Waals surface area contributed by atoms with Gasteiger partial charge in [-0.3, -0.25) is 4.79 Å². The summed E-state index contributed by atoms with van der Waals surface area (Å²) in [6, 6.07) is 3.51. The summed E-state index contributed by atoms with van der Waals surface area (Å²) in [6.07, 6.45) is 0.00747. The maximum Gasteiger partial charge on any atom is 0.341 e. The van der Waals surface area contributed by atoms with Gasteiger partial charge in [0.25, 0.3) is 5.91 Å². The summed E-state index contributed by atoms with van der Waals surface area (Å²) in [6.45, 7) is 8.27. The molecule has 1 amide bonds. The van der Waals surface area contributed by atoms with Crippen LogP contribution in [0.5, 0.6) is 5.75 Å². The Kier molecular flexibility index (Phi) is 5.26. The minimum Gasteiger partial charge on any atom is -0.481 e. The van der Waals surface area contributed by atoms with Crippen molar-refractivity contribution >= 4 is 11.9 Å². The molecular weight excluding hydrogens is 298 g/mol. The Morgan fingerprint density at radius 1 is 1.30 bits per heavy atom. The van der Waals surface area contributed by atoms with E-state index in [4.69, 9.17) is 14.6 Å². The van der Waals surface area contributed by atoms with Crippen LogP contribution in [-0.4, -0.2) is 53.8 Å². The lowest BCUT2D eigenvalue weighted by Gasteiger charge is -2.38. The van der Waals surface area contributed by atoms with E-state index in [9.17, 15) is 9.59 Å². The molecule has 6 heteroatoms. The molecule has 0 radical (unpaired) electrons. The SMILES string of the molecule is Cc1cc(C(=O)N2CCOC(C)C2C)cc(C)c1OCC(=O)O. The number of ether oxygens (including phenoxy) is 2. The van der Waals surface area contributed by atoms with Crippen LogP contribution < -0.4 is 4.74 Å². The third kappa shape index (κ3) is 3.82. The van der Waals surface area contributed by atoms with Crippen LogP contribution in [-0.2, 0) is 9.53 Å². The Hall–Kier alpha value is -2.08. The smallest absolute Gasteiger partial charge is 0.341 e. The Morgan fingerprint density at radius 3 is 2.48 bits per heavy atom. The highest BCUT2D eigenvalue weighted by Gasteiger charge is 2.30. The lowest BCUT2D eigenvalue weighted by atomic mass is 10.0. The van der Waals surface area contributed by atoms with Crippen molar-refractivity contribution in [1.82, 2.24) is 4.90 Å². The van der Waals surface area contributed by atoms with E-state index >= 15 is 0 Å². The number of aliphatic carboxylic acids is 1. The molecule has 0 saturated carbocycles. The van der Waals surface area contributed by atoms with E-state index in [-0.39, 0.29) is 18.1 Å².